The van der Waals surface area contributed by atoms with Crippen LogP contribution in [0.1, 0.15) is 56.7 Å². The topological polar surface area (TPSA) is 51.2 Å². The number of benzene rings is 1. The highest BCUT2D eigenvalue weighted by molar-refractivity contribution is 5.71. The van der Waals surface area contributed by atoms with Gasteiger partial charge in [0.05, 0.1) is 11.2 Å². The Bertz CT molecular complexity index is 999. The molecule has 1 aromatic carbocycles. The average Bonchev–Trinajstić information content (AvgIpc) is 3.17. The number of fused-ring (bicyclic) bond motifs is 1. The molecule has 0 bridgehead atoms. The van der Waals surface area contributed by atoms with Crippen LogP contribution in [0.3, 0.4) is 0 Å². The van der Waals surface area contributed by atoms with Crippen molar-refractivity contribution in [3.05, 3.63) is 59.9 Å². The zero-order valence-electron chi connectivity index (χ0n) is 19.2. The Balaban J connectivity index is 1.41. The number of pyridine rings is 1. The molecule has 0 unspecified atom stereocenters. The van der Waals surface area contributed by atoms with Gasteiger partial charge in [-0.2, -0.15) is 0 Å². The maximum atomic E-state index is 12.0. The second-order valence-electron chi connectivity index (χ2n) is 10.1. The number of hydrogen-bond donors (Lipinski definition) is 1. The lowest BCUT2D eigenvalue weighted by Gasteiger charge is -2.52. The van der Waals surface area contributed by atoms with Gasteiger partial charge >= 0.3 is 6.09 Å². The molecule has 2 aliphatic carbocycles. The van der Waals surface area contributed by atoms with Crippen molar-refractivity contribution in [1.29, 1.82) is 0 Å². The predicted molar refractivity (Wildman–Crippen MR) is 128 cm³/mol. The molecule has 1 aliphatic heterocycles. The number of carbonyl (C=O) groups excluding carboxylic acids is 1. The zero-order chi connectivity index (χ0) is 22.1. The number of ether oxygens (including phenoxy) is 1. The van der Waals surface area contributed by atoms with Crippen LogP contribution in [-0.4, -0.2) is 23.2 Å². The molecule has 1 N–H and O–H groups in total. The number of hydrogen-bond acceptors (Lipinski definition) is 3. The van der Waals surface area contributed by atoms with E-state index in [-0.39, 0.29) is 11.6 Å². The molecule has 3 aliphatic rings. The Morgan fingerprint density at radius 1 is 1.19 bits per heavy atom. The minimum Gasteiger partial charge on any atom is -0.447 e. The van der Waals surface area contributed by atoms with Crippen molar-refractivity contribution in [3.63, 3.8) is 0 Å². The Kier molecular flexibility index (Phi) is 5.79. The van der Waals surface area contributed by atoms with Crippen molar-refractivity contribution in [3.8, 4) is 11.1 Å². The summed E-state index contributed by atoms with van der Waals surface area (Å²) < 4.78 is 5.45. The van der Waals surface area contributed by atoms with Crippen molar-refractivity contribution in [2.45, 2.75) is 57.9 Å². The monoisotopic (exact) mass is 430 g/mol. The molecule has 2 heterocycles. The molecule has 4 heteroatoms. The second kappa shape index (κ2) is 8.73. The fourth-order valence-corrected chi connectivity index (χ4v) is 6.71. The van der Waals surface area contributed by atoms with Crippen LogP contribution in [0, 0.1) is 30.6 Å². The minimum atomic E-state index is -0.242. The summed E-state index contributed by atoms with van der Waals surface area (Å²) in [6.07, 6.45) is 13.6. The van der Waals surface area contributed by atoms with E-state index in [0.717, 1.165) is 24.1 Å². The lowest BCUT2D eigenvalue weighted by Crippen LogP contribution is -2.59. The van der Waals surface area contributed by atoms with Crippen LogP contribution >= 0.6 is 0 Å². The summed E-state index contributed by atoms with van der Waals surface area (Å²) in [6, 6.07) is 12.8. The van der Waals surface area contributed by atoms with E-state index in [4.69, 9.17) is 9.72 Å². The SMILES string of the molecule is CC[C@H]1[C@@H](/C=C/c2ccc(-c3cccc(C)c3)cn2)[C@@H]2CCCC[C@H]2C[C@@]12COC(=O)N2. The molecule has 2 saturated carbocycles. The Hall–Kier alpha value is -2.62. The molecule has 2 aromatic rings. The van der Waals surface area contributed by atoms with E-state index >= 15 is 0 Å². The van der Waals surface area contributed by atoms with Gasteiger partial charge in [0, 0.05) is 11.8 Å². The van der Waals surface area contributed by atoms with Crippen molar-refractivity contribution in [2.24, 2.45) is 23.7 Å². The van der Waals surface area contributed by atoms with Crippen LogP contribution in [0.2, 0.25) is 0 Å². The molecule has 5 atom stereocenters. The predicted octanol–water partition coefficient (Wildman–Crippen LogP) is 6.40. The molecule has 168 valence electrons. The van der Waals surface area contributed by atoms with Crippen molar-refractivity contribution < 1.29 is 9.53 Å². The standard InChI is InChI=1S/C28H34N2O2/c1-3-26-25(24-10-5-4-8-21(24)16-28(26)18-32-27(31)30-28)14-13-23-12-11-22(17-29-23)20-9-6-7-19(2)15-20/h6-7,9,11-15,17,21,24-26H,3-5,8,10,16,18H2,1-2H3,(H,30,31)/b14-13+/t21-,24+,25-,26-,28+/m0/s1. The summed E-state index contributed by atoms with van der Waals surface area (Å²) >= 11 is 0. The molecule has 32 heavy (non-hydrogen) atoms. The Labute approximate surface area is 191 Å². The number of cyclic esters (lactones) is 1. The van der Waals surface area contributed by atoms with Gasteiger partial charge in [0.15, 0.2) is 0 Å². The van der Waals surface area contributed by atoms with E-state index in [2.05, 4.69) is 67.7 Å². The van der Waals surface area contributed by atoms with Gasteiger partial charge in [-0.25, -0.2) is 4.79 Å². The first-order valence-electron chi connectivity index (χ1n) is 12.2. The summed E-state index contributed by atoms with van der Waals surface area (Å²) in [5, 5.41) is 3.25. The molecular formula is C28H34N2O2. The first-order valence-corrected chi connectivity index (χ1v) is 12.2. The molecule has 1 spiro atoms. The first kappa shape index (κ1) is 21.2. The van der Waals surface area contributed by atoms with Crippen LogP contribution in [0.15, 0.2) is 48.7 Å². The number of aryl methyl sites for hydroxylation is 1. The smallest absolute Gasteiger partial charge is 0.407 e. The average molecular weight is 431 g/mol. The number of alkyl carbamates (subject to hydrolysis) is 1. The largest absolute Gasteiger partial charge is 0.447 e. The van der Waals surface area contributed by atoms with Gasteiger partial charge in [0.2, 0.25) is 0 Å². The fourth-order valence-electron chi connectivity index (χ4n) is 6.71. The van der Waals surface area contributed by atoms with Crippen molar-refractivity contribution in [1.82, 2.24) is 10.3 Å². The second-order valence-corrected chi connectivity index (χ2v) is 10.1. The van der Waals surface area contributed by atoms with E-state index in [1.807, 2.05) is 6.20 Å². The number of nitrogens with one attached hydrogen (secondary N) is 1. The first-order chi connectivity index (χ1) is 15.6. The summed E-state index contributed by atoms with van der Waals surface area (Å²) in [7, 11) is 0. The number of carbonyl (C=O) groups is 1. The van der Waals surface area contributed by atoms with Gasteiger partial charge in [0.25, 0.3) is 0 Å². The highest BCUT2D eigenvalue weighted by atomic mass is 16.6. The van der Waals surface area contributed by atoms with Gasteiger partial charge < -0.3 is 10.1 Å². The number of allylic oxidation sites excluding steroid dienone is 1. The fraction of sp³-hybridized carbons (Fsp3) is 0.500. The number of aromatic nitrogens is 1. The van der Waals surface area contributed by atoms with E-state index < -0.39 is 0 Å². The maximum Gasteiger partial charge on any atom is 0.407 e. The zero-order valence-corrected chi connectivity index (χ0v) is 19.2. The molecule has 0 radical (unpaired) electrons. The Morgan fingerprint density at radius 3 is 2.78 bits per heavy atom. The van der Waals surface area contributed by atoms with Crippen LogP contribution in [0.5, 0.6) is 0 Å². The van der Waals surface area contributed by atoms with Gasteiger partial charge in [-0.3, -0.25) is 4.98 Å². The third-order valence-electron chi connectivity index (χ3n) is 8.14. The molecule has 5 rings (SSSR count). The third kappa shape index (κ3) is 3.96. The molecular weight excluding hydrogens is 396 g/mol. The number of nitrogens with zero attached hydrogens (tertiary/aromatic N) is 1. The van der Waals surface area contributed by atoms with E-state index in [9.17, 15) is 4.79 Å². The lowest BCUT2D eigenvalue weighted by atomic mass is 9.54. The summed E-state index contributed by atoms with van der Waals surface area (Å²) in [4.78, 5) is 16.8. The van der Waals surface area contributed by atoms with Crippen molar-refractivity contribution >= 4 is 12.2 Å². The van der Waals surface area contributed by atoms with Crippen LogP contribution in [0.25, 0.3) is 17.2 Å². The minimum absolute atomic E-state index is 0.207. The molecule has 1 amide bonds. The Morgan fingerprint density at radius 2 is 2.06 bits per heavy atom. The molecule has 4 nitrogen and oxygen atoms in total. The lowest BCUT2D eigenvalue weighted by molar-refractivity contribution is -0.000906. The van der Waals surface area contributed by atoms with E-state index in [1.165, 1.54) is 36.8 Å². The summed E-state index contributed by atoms with van der Waals surface area (Å²) in [5.41, 5.74) is 4.40. The number of rotatable bonds is 4. The van der Waals surface area contributed by atoms with Crippen LogP contribution in [0.4, 0.5) is 4.79 Å². The molecule has 3 fully saturated rings. The van der Waals surface area contributed by atoms with Gasteiger partial charge in [0.1, 0.15) is 6.61 Å². The number of amides is 1. The maximum absolute atomic E-state index is 12.0. The third-order valence-corrected chi connectivity index (χ3v) is 8.14. The van der Waals surface area contributed by atoms with Gasteiger partial charge in [-0.05, 0) is 61.1 Å². The summed E-state index contributed by atoms with van der Waals surface area (Å²) in [6.45, 7) is 4.89. The van der Waals surface area contributed by atoms with E-state index in [1.54, 1.807) is 0 Å². The van der Waals surface area contributed by atoms with Gasteiger partial charge in [-0.15, -0.1) is 0 Å². The highest BCUT2D eigenvalue weighted by Gasteiger charge is 2.55. The quantitative estimate of drug-likeness (QED) is 0.610. The summed E-state index contributed by atoms with van der Waals surface area (Å²) in [5.74, 6) is 2.20. The van der Waals surface area contributed by atoms with Crippen molar-refractivity contribution in [2.75, 3.05) is 6.61 Å². The normalized spacial score (nSPS) is 32.0. The van der Waals surface area contributed by atoms with Gasteiger partial charge in [-0.1, -0.05) is 74.6 Å². The van der Waals surface area contributed by atoms with Crippen LogP contribution in [-0.2, 0) is 4.74 Å². The van der Waals surface area contributed by atoms with E-state index in [0.29, 0.717) is 30.3 Å². The molecule has 1 aromatic heterocycles. The van der Waals surface area contributed by atoms with Crippen LogP contribution < -0.4 is 5.32 Å². The highest BCUT2D eigenvalue weighted by Crippen LogP contribution is 2.53. The molecule has 1 saturated heterocycles.